The van der Waals surface area contributed by atoms with Gasteiger partial charge in [0.25, 0.3) is 11.8 Å². The first-order chi connectivity index (χ1) is 12.6. The zero-order valence-electron chi connectivity index (χ0n) is 14.5. The monoisotopic (exact) mass is 376 g/mol. The van der Waals surface area contributed by atoms with Crippen molar-refractivity contribution in [3.63, 3.8) is 0 Å². The Bertz CT molecular complexity index is 752. The third-order valence-electron chi connectivity index (χ3n) is 3.37. The molecular formula is C19H21ClN2O4. The summed E-state index contributed by atoms with van der Waals surface area (Å²) in [5.41, 5.74) is 5.01. The van der Waals surface area contributed by atoms with E-state index < -0.39 is 11.8 Å². The second-order valence-corrected chi connectivity index (χ2v) is 5.86. The Balaban J connectivity index is 1.79. The molecule has 138 valence electrons. The molecule has 2 N–H and O–H groups in total. The summed E-state index contributed by atoms with van der Waals surface area (Å²) in [5, 5.41) is 0.407. The second-order valence-electron chi connectivity index (χ2n) is 5.45. The number of carbonyl (C=O) groups is 2. The van der Waals surface area contributed by atoms with Gasteiger partial charge in [0.05, 0.1) is 11.6 Å². The molecule has 0 atom stereocenters. The first-order valence-corrected chi connectivity index (χ1v) is 8.67. The molecule has 6 nitrogen and oxygen atoms in total. The van der Waals surface area contributed by atoms with Gasteiger partial charge >= 0.3 is 0 Å². The molecule has 0 spiro atoms. The maximum atomic E-state index is 12.1. The van der Waals surface area contributed by atoms with Gasteiger partial charge in [0.2, 0.25) is 0 Å². The summed E-state index contributed by atoms with van der Waals surface area (Å²) in [4.78, 5) is 23.9. The van der Waals surface area contributed by atoms with E-state index >= 15 is 0 Å². The summed E-state index contributed by atoms with van der Waals surface area (Å²) in [6.07, 6.45) is 1.97. The van der Waals surface area contributed by atoms with Crippen molar-refractivity contribution in [1.29, 1.82) is 0 Å². The van der Waals surface area contributed by atoms with E-state index in [1.54, 1.807) is 48.5 Å². The van der Waals surface area contributed by atoms with E-state index in [1.165, 1.54) is 0 Å². The van der Waals surface area contributed by atoms with E-state index in [0.29, 0.717) is 28.7 Å². The molecule has 0 aliphatic rings. The lowest BCUT2D eigenvalue weighted by atomic mass is 10.2. The molecule has 7 heteroatoms. The van der Waals surface area contributed by atoms with Crippen molar-refractivity contribution >= 4 is 23.4 Å². The molecule has 2 rings (SSSR count). The molecule has 0 aliphatic heterocycles. The third kappa shape index (κ3) is 6.29. The fourth-order valence-electron chi connectivity index (χ4n) is 2.00. The lowest BCUT2D eigenvalue weighted by molar-refractivity contribution is -0.123. The highest BCUT2D eigenvalue weighted by molar-refractivity contribution is 6.32. The van der Waals surface area contributed by atoms with Gasteiger partial charge in [-0.1, -0.05) is 43.1 Å². The number of carbonyl (C=O) groups excluding carboxylic acids is 2. The van der Waals surface area contributed by atoms with Crippen LogP contribution in [0.3, 0.4) is 0 Å². The first-order valence-electron chi connectivity index (χ1n) is 8.29. The van der Waals surface area contributed by atoms with Crippen LogP contribution in [0.4, 0.5) is 0 Å². The summed E-state index contributed by atoms with van der Waals surface area (Å²) in [6.45, 7) is 2.40. The van der Waals surface area contributed by atoms with Gasteiger partial charge in [0.1, 0.15) is 11.5 Å². The van der Waals surface area contributed by atoms with Gasteiger partial charge < -0.3 is 9.47 Å². The fraction of sp³-hybridized carbons (Fsp3) is 0.263. The highest BCUT2D eigenvalue weighted by atomic mass is 35.5. The van der Waals surface area contributed by atoms with Gasteiger partial charge in [-0.3, -0.25) is 20.4 Å². The molecule has 0 saturated carbocycles. The summed E-state index contributed by atoms with van der Waals surface area (Å²) in [5.74, 6) is 0.0534. The van der Waals surface area contributed by atoms with Crippen molar-refractivity contribution in [3.8, 4) is 11.5 Å². The lowest BCUT2D eigenvalue weighted by Gasteiger charge is -2.10. The van der Waals surface area contributed by atoms with Gasteiger partial charge in [-0.15, -0.1) is 0 Å². The zero-order chi connectivity index (χ0) is 18.8. The zero-order valence-corrected chi connectivity index (χ0v) is 15.2. The molecule has 0 unspecified atom stereocenters. The highest BCUT2D eigenvalue weighted by Crippen LogP contribution is 2.22. The van der Waals surface area contributed by atoms with Crippen LogP contribution in [-0.4, -0.2) is 25.0 Å². The lowest BCUT2D eigenvalue weighted by Crippen LogP contribution is -2.43. The van der Waals surface area contributed by atoms with Crippen molar-refractivity contribution < 1.29 is 19.1 Å². The molecule has 2 aromatic rings. The van der Waals surface area contributed by atoms with E-state index in [9.17, 15) is 9.59 Å². The number of rotatable bonds is 8. The Morgan fingerprint density at radius 3 is 2.62 bits per heavy atom. The molecule has 2 aromatic carbocycles. The molecule has 0 aliphatic carbocycles. The van der Waals surface area contributed by atoms with Crippen LogP contribution >= 0.6 is 11.6 Å². The van der Waals surface area contributed by atoms with Crippen LogP contribution in [-0.2, 0) is 4.79 Å². The average molecular weight is 377 g/mol. The van der Waals surface area contributed by atoms with Crippen LogP contribution in [0.1, 0.15) is 30.1 Å². The van der Waals surface area contributed by atoms with E-state index in [2.05, 4.69) is 17.8 Å². The van der Waals surface area contributed by atoms with Gasteiger partial charge in [-0.05, 0) is 36.8 Å². The van der Waals surface area contributed by atoms with Crippen LogP contribution in [0.15, 0.2) is 48.5 Å². The normalized spacial score (nSPS) is 10.1. The Labute approximate surface area is 157 Å². The molecular weight excluding hydrogens is 356 g/mol. The van der Waals surface area contributed by atoms with Crippen LogP contribution in [0, 0.1) is 0 Å². The van der Waals surface area contributed by atoms with E-state index in [-0.39, 0.29) is 6.61 Å². The quantitative estimate of drug-likeness (QED) is 0.547. The van der Waals surface area contributed by atoms with Gasteiger partial charge in [-0.2, -0.15) is 0 Å². The highest BCUT2D eigenvalue weighted by Gasteiger charge is 2.10. The van der Waals surface area contributed by atoms with Crippen LogP contribution < -0.4 is 20.3 Å². The largest absolute Gasteiger partial charge is 0.494 e. The molecule has 0 aromatic heterocycles. The summed E-state index contributed by atoms with van der Waals surface area (Å²) < 4.78 is 10.9. The van der Waals surface area contributed by atoms with Crippen LogP contribution in [0.5, 0.6) is 11.5 Å². The Morgan fingerprint density at radius 1 is 1.04 bits per heavy atom. The second kappa shape index (κ2) is 10.3. The van der Waals surface area contributed by atoms with Crippen molar-refractivity contribution in [2.45, 2.75) is 19.8 Å². The average Bonchev–Trinajstić information content (AvgIpc) is 2.66. The number of benzene rings is 2. The Hall–Kier alpha value is -2.73. The third-order valence-corrected chi connectivity index (χ3v) is 3.69. The molecule has 0 heterocycles. The fourth-order valence-corrected chi connectivity index (χ4v) is 2.19. The number of hydrogen-bond donors (Lipinski definition) is 2. The summed E-state index contributed by atoms with van der Waals surface area (Å²) >= 11 is 5.94. The van der Waals surface area contributed by atoms with Crippen LogP contribution in [0.2, 0.25) is 5.02 Å². The molecule has 26 heavy (non-hydrogen) atoms. The van der Waals surface area contributed by atoms with Crippen LogP contribution in [0.25, 0.3) is 0 Å². The number of para-hydroxylation sites is 1. The summed E-state index contributed by atoms with van der Waals surface area (Å²) in [7, 11) is 0. The number of amides is 2. The topological polar surface area (TPSA) is 76.7 Å². The molecule has 0 fully saturated rings. The van der Waals surface area contributed by atoms with E-state index in [1.807, 2.05) is 0 Å². The van der Waals surface area contributed by atoms with Crippen molar-refractivity contribution in [3.05, 3.63) is 59.1 Å². The molecule has 0 bridgehead atoms. The molecule has 0 radical (unpaired) electrons. The molecule has 2 amide bonds. The minimum absolute atomic E-state index is 0.274. The number of unbranched alkanes of at least 4 members (excludes halogenated alkanes) is 1. The summed E-state index contributed by atoms with van der Waals surface area (Å²) in [6, 6.07) is 13.6. The maximum absolute atomic E-state index is 12.1. The van der Waals surface area contributed by atoms with Crippen molar-refractivity contribution in [2.24, 2.45) is 0 Å². The Morgan fingerprint density at radius 2 is 1.85 bits per heavy atom. The SMILES string of the molecule is CCCCOc1cccc(C(=O)NNC(=O)COc2ccccc2Cl)c1. The van der Waals surface area contributed by atoms with Gasteiger partial charge in [-0.25, -0.2) is 0 Å². The van der Waals surface area contributed by atoms with Crippen molar-refractivity contribution in [2.75, 3.05) is 13.2 Å². The predicted molar refractivity (Wildman–Crippen MR) is 99.4 cm³/mol. The predicted octanol–water partition coefficient (Wildman–Crippen LogP) is 3.36. The van der Waals surface area contributed by atoms with E-state index in [0.717, 1.165) is 12.8 Å². The van der Waals surface area contributed by atoms with Crippen molar-refractivity contribution in [1.82, 2.24) is 10.9 Å². The minimum Gasteiger partial charge on any atom is -0.494 e. The maximum Gasteiger partial charge on any atom is 0.276 e. The smallest absolute Gasteiger partial charge is 0.276 e. The van der Waals surface area contributed by atoms with Gasteiger partial charge in [0.15, 0.2) is 6.61 Å². The van der Waals surface area contributed by atoms with Gasteiger partial charge in [0, 0.05) is 5.56 Å². The standard InChI is InChI=1S/C19H21ClN2O4/c1-2-3-11-25-15-8-6-7-14(12-15)19(24)22-21-18(23)13-26-17-10-5-4-9-16(17)20/h4-10,12H,2-3,11,13H2,1H3,(H,21,23)(H,22,24). The number of hydrazine groups is 1. The number of ether oxygens (including phenoxy) is 2. The Kier molecular flexibility index (Phi) is 7.76. The number of nitrogens with one attached hydrogen (secondary N) is 2. The minimum atomic E-state index is -0.506. The molecule has 0 saturated heterocycles. The number of hydrogen-bond acceptors (Lipinski definition) is 4. The first kappa shape index (κ1) is 19.6. The number of halogens is 1. The van der Waals surface area contributed by atoms with E-state index in [4.69, 9.17) is 21.1 Å².